The second-order valence-corrected chi connectivity index (χ2v) is 0. The molecule has 2 N–H and O–H groups in total. The van der Waals surface area contributed by atoms with E-state index >= 15 is 0 Å². The molecule has 0 amide bonds. The van der Waals surface area contributed by atoms with Crippen LogP contribution in [0, 0.1) is 0 Å². The smallest absolute Gasteiger partial charge is 0 e. The quantitative estimate of drug-likeness (QED) is 0.399. The van der Waals surface area contributed by atoms with Crippen molar-refractivity contribution >= 4 is 37.7 Å². The summed E-state index contributed by atoms with van der Waals surface area (Å²) in [6.45, 7) is 0. The minimum absolute atomic E-state index is 0. The molecule has 0 rings (SSSR count). The second kappa shape index (κ2) is 18.0. The van der Waals surface area contributed by atoms with Crippen molar-refractivity contribution < 1.29 is 44.3 Å². The molecule has 0 spiro atoms. The normalized spacial score (nSPS) is 0. The zero-order valence-electron chi connectivity index (χ0n) is 2.09. The molecule has 0 atom stereocenters. The van der Waals surface area contributed by atoms with Crippen LogP contribution in [-0.4, -0.2) is 43.2 Å². The van der Waals surface area contributed by atoms with E-state index in [9.17, 15) is 0 Å². The Morgan fingerprint density at radius 3 is 1.00 bits per heavy atom. The van der Waals surface area contributed by atoms with Gasteiger partial charge in [-0.3, -0.25) is 0 Å². The molecule has 0 bridgehead atoms. The molecular formula is H2CaMnOTi. The summed E-state index contributed by atoms with van der Waals surface area (Å²) in [7, 11) is 0. The fourth-order valence-corrected chi connectivity index (χ4v) is 0. The van der Waals surface area contributed by atoms with E-state index < -0.39 is 0 Å². The van der Waals surface area contributed by atoms with Crippen molar-refractivity contribution in [3.8, 4) is 0 Å². The maximum Gasteiger partial charge on any atom is 0 e. The standard InChI is InChI=1S/Ca.Mn.H2O.Ti/h;;1H2;. The summed E-state index contributed by atoms with van der Waals surface area (Å²) in [5, 5.41) is 0. The Kier molecular flexibility index (Phi) is 143. The molecule has 0 saturated carbocycles. The first kappa shape index (κ1) is 31.9. The summed E-state index contributed by atoms with van der Waals surface area (Å²) in [6.07, 6.45) is 0. The predicted octanol–water partition coefficient (Wildman–Crippen LogP) is -1.21. The third kappa shape index (κ3) is 8.82. The van der Waals surface area contributed by atoms with Gasteiger partial charge in [-0.1, -0.05) is 0 Å². The molecule has 1 nitrogen and oxygen atoms in total. The molecule has 0 aliphatic heterocycles. The Morgan fingerprint density at radius 2 is 1.00 bits per heavy atom. The van der Waals surface area contributed by atoms with E-state index in [-0.39, 0.29) is 82.0 Å². The van der Waals surface area contributed by atoms with Gasteiger partial charge in [-0.2, -0.15) is 0 Å². The maximum absolute atomic E-state index is 0. The van der Waals surface area contributed by atoms with Crippen LogP contribution in [0.2, 0.25) is 0 Å². The van der Waals surface area contributed by atoms with E-state index in [1.165, 1.54) is 0 Å². The van der Waals surface area contributed by atoms with Crippen molar-refractivity contribution in [2.75, 3.05) is 0 Å². The van der Waals surface area contributed by atoms with Crippen LogP contribution in [0.3, 0.4) is 0 Å². The van der Waals surface area contributed by atoms with Gasteiger partial charge in [0.25, 0.3) is 0 Å². The van der Waals surface area contributed by atoms with Gasteiger partial charge in [0.2, 0.25) is 0 Å². The Morgan fingerprint density at radius 1 is 1.00 bits per heavy atom. The van der Waals surface area contributed by atoms with Crippen LogP contribution in [0.5, 0.6) is 0 Å². The first-order valence-corrected chi connectivity index (χ1v) is 0. The fraction of sp³-hybridized carbons (Fsp3) is 0. The third-order valence-electron chi connectivity index (χ3n) is 0. The van der Waals surface area contributed by atoms with E-state index in [1.54, 1.807) is 0 Å². The molecule has 0 aromatic rings. The van der Waals surface area contributed by atoms with E-state index in [0.29, 0.717) is 0 Å². The molecule has 0 aromatic heterocycles. The zero-order valence-corrected chi connectivity index (χ0v) is 7.04. The number of hydrogen-bond donors (Lipinski definition) is 0. The van der Waals surface area contributed by atoms with Crippen LogP contribution in [0.4, 0.5) is 0 Å². The molecule has 0 aliphatic rings. The Bertz CT molecular complexity index is 8.00. The van der Waals surface area contributed by atoms with Gasteiger partial charge in [0, 0.05) is 76.5 Å². The van der Waals surface area contributed by atoms with E-state index in [2.05, 4.69) is 0 Å². The fourth-order valence-electron chi connectivity index (χ4n) is 0. The molecule has 3 radical (unpaired) electrons. The van der Waals surface area contributed by atoms with Gasteiger partial charge in [0.05, 0.1) is 0 Å². The van der Waals surface area contributed by atoms with Crippen LogP contribution >= 0.6 is 0 Å². The Hall–Kier alpha value is 2.45. The summed E-state index contributed by atoms with van der Waals surface area (Å²) in [5.74, 6) is 0. The van der Waals surface area contributed by atoms with Gasteiger partial charge in [0.15, 0.2) is 0 Å². The molecule has 0 heterocycles. The minimum atomic E-state index is 0. The largest absolute Gasteiger partial charge is 0.412 e. The SMILES string of the molecule is O.[Ca].[Mn].[Ti]. The average molecular weight is 161 g/mol. The van der Waals surface area contributed by atoms with Gasteiger partial charge in [-0.05, 0) is 0 Å². The average Bonchev–Trinajstić information content (AvgIpc) is 0. The molecule has 0 aromatic carbocycles. The third-order valence-corrected chi connectivity index (χ3v) is 0. The maximum atomic E-state index is 0. The van der Waals surface area contributed by atoms with Gasteiger partial charge in [-0.25, -0.2) is 0 Å². The predicted molar refractivity (Wildman–Crippen MR) is 9.37 cm³/mol. The van der Waals surface area contributed by atoms with Crippen LogP contribution in [0.25, 0.3) is 0 Å². The summed E-state index contributed by atoms with van der Waals surface area (Å²) >= 11 is 0. The summed E-state index contributed by atoms with van der Waals surface area (Å²) < 4.78 is 0. The second-order valence-electron chi connectivity index (χ2n) is 0. The summed E-state index contributed by atoms with van der Waals surface area (Å²) in [6, 6.07) is 0. The first-order valence-electron chi connectivity index (χ1n) is 0. The zero-order chi connectivity index (χ0) is 0. The van der Waals surface area contributed by atoms with Crippen molar-refractivity contribution in [3.05, 3.63) is 0 Å². The Balaban J connectivity index is 0. The van der Waals surface area contributed by atoms with Crippen LogP contribution in [0.15, 0.2) is 0 Å². The number of hydrogen-bond acceptors (Lipinski definition) is 0. The summed E-state index contributed by atoms with van der Waals surface area (Å²) in [5.41, 5.74) is 0. The first-order chi connectivity index (χ1) is 0. The molecule has 4 heavy (non-hydrogen) atoms. The number of rotatable bonds is 0. The van der Waals surface area contributed by atoms with Crippen LogP contribution in [-0.2, 0) is 38.8 Å². The van der Waals surface area contributed by atoms with E-state index in [0.717, 1.165) is 0 Å². The van der Waals surface area contributed by atoms with Crippen molar-refractivity contribution in [1.82, 2.24) is 0 Å². The van der Waals surface area contributed by atoms with Gasteiger partial charge < -0.3 is 5.48 Å². The van der Waals surface area contributed by atoms with Crippen molar-refractivity contribution in [2.45, 2.75) is 0 Å². The van der Waals surface area contributed by atoms with Crippen LogP contribution < -0.4 is 0 Å². The molecule has 0 saturated heterocycles. The van der Waals surface area contributed by atoms with Crippen molar-refractivity contribution in [2.24, 2.45) is 0 Å². The monoisotopic (exact) mass is 161 g/mol. The van der Waals surface area contributed by atoms with Crippen molar-refractivity contribution in [3.63, 3.8) is 0 Å². The van der Waals surface area contributed by atoms with E-state index in [4.69, 9.17) is 0 Å². The topological polar surface area (TPSA) is 31.5 Å². The van der Waals surface area contributed by atoms with Gasteiger partial charge >= 0.3 is 0 Å². The van der Waals surface area contributed by atoms with Gasteiger partial charge in [-0.15, -0.1) is 0 Å². The Labute approximate surface area is 80.6 Å². The molecule has 0 fully saturated rings. The molecule has 0 unspecified atom stereocenters. The molecule has 0 aliphatic carbocycles. The van der Waals surface area contributed by atoms with Gasteiger partial charge in [0.1, 0.15) is 0 Å². The van der Waals surface area contributed by atoms with Crippen LogP contribution in [0.1, 0.15) is 0 Å². The molecular weight excluding hydrogens is 159 g/mol. The van der Waals surface area contributed by atoms with E-state index in [1.807, 2.05) is 0 Å². The minimum Gasteiger partial charge on any atom is -0.412 e. The summed E-state index contributed by atoms with van der Waals surface area (Å²) in [4.78, 5) is 0. The molecule has 4 heteroatoms. The molecule has 21 valence electrons. The van der Waals surface area contributed by atoms with Crippen molar-refractivity contribution in [1.29, 1.82) is 0 Å².